The molecule has 222 valence electrons. The van der Waals surface area contributed by atoms with Crippen LogP contribution in [0.15, 0.2) is 42.5 Å². The predicted molar refractivity (Wildman–Crippen MR) is 163 cm³/mol. The minimum absolute atomic E-state index is 0. The lowest BCUT2D eigenvalue weighted by Gasteiger charge is -2.23. The molecule has 3 aliphatic rings. The van der Waals surface area contributed by atoms with Crippen molar-refractivity contribution in [2.24, 2.45) is 0 Å². The average Bonchev–Trinajstić information content (AvgIpc) is 3.38. The Balaban J connectivity index is 0.00000280. The van der Waals surface area contributed by atoms with Crippen LogP contribution < -0.4 is 25.4 Å². The summed E-state index contributed by atoms with van der Waals surface area (Å²) in [5, 5.41) is 9.47. The third kappa shape index (κ3) is 10.5. The standard InChI is InChI=1S/C30H42N4O4.2ClH/c1-22-7-5-8-24(17-22)21-34-15-4-3-13-32-30(36)26-19-25(20-33-26)38-27-11-9-23(18-28(27)37-2)10-12-29(35)31-14-6-16-34;;/h5,7-9,11,17-18,25-26,33H,3-4,6,10,12-16,19-21H2,1-2H3,(H,31,35)(H,32,36);2*1H/t25-,26-;;/m0../s1. The number of amides is 2. The molecule has 0 saturated carbocycles. The highest BCUT2D eigenvalue weighted by Crippen LogP contribution is 2.30. The fourth-order valence-electron chi connectivity index (χ4n) is 5.15. The van der Waals surface area contributed by atoms with Crippen molar-refractivity contribution >= 4 is 36.6 Å². The van der Waals surface area contributed by atoms with Crippen LogP contribution in [-0.2, 0) is 22.6 Å². The summed E-state index contributed by atoms with van der Waals surface area (Å²) in [5.74, 6) is 1.40. The summed E-state index contributed by atoms with van der Waals surface area (Å²) < 4.78 is 11.7. The summed E-state index contributed by atoms with van der Waals surface area (Å²) in [7, 11) is 1.62. The van der Waals surface area contributed by atoms with E-state index in [1.165, 1.54) is 11.1 Å². The molecule has 0 spiro atoms. The van der Waals surface area contributed by atoms with E-state index >= 15 is 0 Å². The molecule has 2 aromatic rings. The van der Waals surface area contributed by atoms with Gasteiger partial charge in [0.2, 0.25) is 11.8 Å². The van der Waals surface area contributed by atoms with Gasteiger partial charge in [0.15, 0.2) is 11.5 Å². The highest BCUT2D eigenvalue weighted by atomic mass is 35.5. The molecule has 3 aliphatic heterocycles. The van der Waals surface area contributed by atoms with Gasteiger partial charge in [-0.05, 0) is 62.4 Å². The lowest BCUT2D eigenvalue weighted by molar-refractivity contribution is -0.123. The Morgan fingerprint density at radius 2 is 1.77 bits per heavy atom. The van der Waals surface area contributed by atoms with E-state index in [4.69, 9.17) is 9.47 Å². The Hall–Kier alpha value is -2.52. The van der Waals surface area contributed by atoms with Gasteiger partial charge < -0.3 is 25.4 Å². The fraction of sp³-hybridized carbons (Fsp3) is 0.533. The van der Waals surface area contributed by atoms with E-state index in [0.717, 1.165) is 44.5 Å². The summed E-state index contributed by atoms with van der Waals surface area (Å²) >= 11 is 0. The number of carbonyl (C=O) groups is 2. The number of aryl methyl sites for hydroxylation is 2. The number of fused-ring (bicyclic) bond motifs is 15. The molecule has 0 aromatic heterocycles. The SMILES string of the molecule is COc1cc2ccc1O[C@@H]1CN[C@@H](C1)C(=O)NCCCCN(Cc1cccc(C)c1)CCCNC(=O)CC2.Cl.Cl. The zero-order chi connectivity index (χ0) is 26.7. The van der Waals surface area contributed by atoms with E-state index < -0.39 is 0 Å². The van der Waals surface area contributed by atoms with Gasteiger partial charge in [-0.3, -0.25) is 14.5 Å². The molecule has 3 heterocycles. The van der Waals surface area contributed by atoms with Gasteiger partial charge in [-0.2, -0.15) is 0 Å². The van der Waals surface area contributed by atoms with Gasteiger partial charge in [0.25, 0.3) is 0 Å². The van der Waals surface area contributed by atoms with E-state index in [1.54, 1.807) is 7.11 Å². The molecule has 1 fully saturated rings. The zero-order valence-electron chi connectivity index (χ0n) is 23.6. The van der Waals surface area contributed by atoms with Crippen molar-refractivity contribution in [1.82, 2.24) is 20.9 Å². The average molecular weight is 596 g/mol. The first-order valence-electron chi connectivity index (χ1n) is 13.9. The van der Waals surface area contributed by atoms with E-state index in [1.807, 2.05) is 18.2 Å². The smallest absolute Gasteiger partial charge is 0.237 e. The Morgan fingerprint density at radius 1 is 0.975 bits per heavy atom. The second kappa shape index (κ2) is 17.3. The largest absolute Gasteiger partial charge is 0.493 e. The maximum atomic E-state index is 12.7. The van der Waals surface area contributed by atoms with Crippen LogP contribution in [0.1, 0.15) is 48.8 Å². The second-order valence-electron chi connectivity index (χ2n) is 10.4. The topological polar surface area (TPSA) is 91.9 Å². The molecular formula is C30H44Cl2N4O4. The zero-order valence-corrected chi connectivity index (χ0v) is 25.2. The molecule has 0 aliphatic carbocycles. The maximum absolute atomic E-state index is 12.7. The van der Waals surface area contributed by atoms with Crippen LogP contribution in [0.25, 0.3) is 0 Å². The van der Waals surface area contributed by atoms with Crippen molar-refractivity contribution in [3.05, 3.63) is 59.2 Å². The Labute approximate surface area is 250 Å². The van der Waals surface area contributed by atoms with Crippen molar-refractivity contribution in [2.45, 2.75) is 64.1 Å². The molecule has 0 unspecified atom stereocenters. The van der Waals surface area contributed by atoms with Crippen LogP contribution >= 0.6 is 24.8 Å². The molecule has 0 radical (unpaired) electrons. The normalized spacial score (nSPS) is 21.4. The van der Waals surface area contributed by atoms with E-state index in [9.17, 15) is 9.59 Å². The summed E-state index contributed by atoms with van der Waals surface area (Å²) in [5.41, 5.74) is 3.59. The number of ether oxygens (including phenoxy) is 2. The number of nitrogens with zero attached hydrogens (tertiary/aromatic N) is 1. The van der Waals surface area contributed by atoms with Gasteiger partial charge in [-0.25, -0.2) is 0 Å². The fourth-order valence-corrected chi connectivity index (χ4v) is 5.15. The van der Waals surface area contributed by atoms with Gasteiger partial charge in [0.05, 0.1) is 13.2 Å². The first kappa shape index (κ1) is 33.7. The van der Waals surface area contributed by atoms with E-state index in [-0.39, 0.29) is 48.8 Å². The lowest BCUT2D eigenvalue weighted by atomic mass is 10.1. The highest BCUT2D eigenvalue weighted by molar-refractivity contribution is 5.85. The van der Waals surface area contributed by atoms with Crippen molar-refractivity contribution < 1.29 is 19.1 Å². The Morgan fingerprint density at radius 3 is 2.58 bits per heavy atom. The summed E-state index contributed by atoms with van der Waals surface area (Å²) in [4.78, 5) is 27.7. The first-order chi connectivity index (χ1) is 18.5. The maximum Gasteiger partial charge on any atom is 0.237 e. The molecule has 5 rings (SSSR count). The van der Waals surface area contributed by atoms with Crippen molar-refractivity contribution in [3.63, 3.8) is 0 Å². The predicted octanol–water partition coefficient (Wildman–Crippen LogP) is 3.81. The molecule has 2 aromatic carbocycles. The van der Waals surface area contributed by atoms with Crippen LogP contribution in [0.3, 0.4) is 0 Å². The van der Waals surface area contributed by atoms with Crippen LogP contribution in [0.2, 0.25) is 0 Å². The second-order valence-corrected chi connectivity index (χ2v) is 10.4. The van der Waals surface area contributed by atoms with Gasteiger partial charge in [0.1, 0.15) is 6.10 Å². The first-order valence-corrected chi connectivity index (χ1v) is 13.9. The molecule has 10 heteroatoms. The number of hydrogen-bond donors (Lipinski definition) is 3. The van der Waals surface area contributed by atoms with Crippen LogP contribution in [0.5, 0.6) is 11.5 Å². The number of benzene rings is 2. The molecule has 8 nitrogen and oxygen atoms in total. The Bertz CT molecular complexity index is 1090. The van der Waals surface area contributed by atoms with Gasteiger partial charge in [-0.1, -0.05) is 35.9 Å². The molecular weight excluding hydrogens is 551 g/mol. The molecule has 2 amide bonds. The minimum Gasteiger partial charge on any atom is -0.493 e. The van der Waals surface area contributed by atoms with Crippen LogP contribution in [0.4, 0.5) is 0 Å². The van der Waals surface area contributed by atoms with Crippen LogP contribution in [-0.4, -0.2) is 68.7 Å². The lowest BCUT2D eigenvalue weighted by Crippen LogP contribution is -2.40. The number of methoxy groups -OCH3 is 1. The van der Waals surface area contributed by atoms with Crippen molar-refractivity contribution in [3.8, 4) is 11.5 Å². The Kier molecular flexibility index (Phi) is 14.6. The molecule has 40 heavy (non-hydrogen) atoms. The number of carbonyl (C=O) groups excluding carboxylic acids is 2. The summed E-state index contributed by atoms with van der Waals surface area (Å²) in [6.45, 7) is 6.79. The van der Waals surface area contributed by atoms with Crippen LogP contribution in [0, 0.1) is 6.92 Å². The minimum atomic E-state index is -0.251. The van der Waals surface area contributed by atoms with E-state index in [0.29, 0.717) is 50.4 Å². The molecule has 1 saturated heterocycles. The quantitative estimate of drug-likeness (QED) is 0.500. The van der Waals surface area contributed by atoms with Gasteiger partial charge in [-0.15, -0.1) is 24.8 Å². The number of halogens is 2. The highest BCUT2D eigenvalue weighted by Gasteiger charge is 2.31. The number of rotatable bonds is 3. The number of hydrogen-bond acceptors (Lipinski definition) is 6. The molecule has 3 N–H and O–H groups in total. The number of nitrogens with one attached hydrogen (secondary N) is 3. The molecule has 4 bridgehead atoms. The third-order valence-corrected chi connectivity index (χ3v) is 7.23. The monoisotopic (exact) mass is 594 g/mol. The summed E-state index contributed by atoms with van der Waals surface area (Å²) in [6, 6.07) is 14.2. The van der Waals surface area contributed by atoms with Gasteiger partial charge >= 0.3 is 0 Å². The molecule has 2 atom stereocenters. The summed E-state index contributed by atoms with van der Waals surface area (Å²) in [6.07, 6.45) is 4.38. The van der Waals surface area contributed by atoms with Gasteiger partial charge in [0, 0.05) is 45.6 Å². The van der Waals surface area contributed by atoms with E-state index in [2.05, 4.69) is 52.0 Å². The third-order valence-electron chi connectivity index (χ3n) is 7.23. The van der Waals surface area contributed by atoms with Crippen molar-refractivity contribution in [1.29, 1.82) is 0 Å². The van der Waals surface area contributed by atoms with Crippen molar-refractivity contribution in [2.75, 3.05) is 39.8 Å².